The Balaban J connectivity index is 1.98. The van der Waals surface area contributed by atoms with Gasteiger partial charge in [-0.15, -0.1) is 0 Å². The van der Waals surface area contributed by atoms with Gasteiger partial charge in [-0.3, -0.25) is 9.59 Å². The van der Waals surface area contributed by atoms with Crippen molar-refractivity contribution in [3.63, 3.8) is 0 Å². The molecule has 0 atom stereocenters. The fourth-order valence-corrected chi connectivity index (χ4v) is 2.19. The van der Waals surface area contributed by atoms with Crippen LogP contribution in [-0.4, -0.2) is 25.0 Å². The summed E-state index contributed by atoms with van der Waals surface area (Å²) in [6, 6.07) is 3.94. The first kappa shape index (κ1) is 16.1. The number of aryl methyl sites for hydroxylation is 2. The van der Waals surface area contributed by atoms with E-state index in [1.165, 1.54) is 0 Å². The van der Waals surface area contributed by atoms with Gasteiger partial charge < -0.3 is 14.5 Å². The van der Waals surface area contributed by atoms with E-state index < -0.39 is 5.97 Å². The first-order valence-corrected chi connectivity index (χ1v) is 7.41. The Morgan fingerprint density at radius 1 is 1.27 bits per heavy atom. The van der Waals surface area contributed by atoms with Gasteiger partial charge >= 0.3 is 5.97 Å². The Morgan fingerprint density at radius 3 is 2.77 bits per heavy atom. The van der Waals surface area contributed by atoms with Crippen molar-refractivity contribution in [3.05, 3.63) is 35.1 Å². The lowest BCUT2D eigenvalue weighted by Gasteiger charge is -2.05. The first-order chi connectivity index (χ1) is 10.5. The van der Waals surface area contributed by atoms with Gasteiger partial charge in [-0.2, -0.15) is 0 Å². The van der Waals surface area contributed by atoms with Crippen LogP contribution in [0.5, 0.6) is 0 Å². The molecule has 0 unspecified atom stereocenters. The maximum atomic E-state index is 11.8. The van der Waals surface area contributed by atoms with E-state index >= 15 is 0 Å². The van der Waals surface area contributed by atoms with E-state index in [1.54, 1.807) is 6.26 Å². The molecule has 1 N–H and O–H groups in total. The predicted molar refractivity (Wildman–Crippen MR) is 83.7 cm³/mol. The third kappa shape index (κ3) is 3.67. The molecular formula is C17H21NO4. The zero-order chi connectivity index (χ0) is 16.1. The fraction of sp³-hybridized carbons (Fsp3) is 0.412. The van der Waals surface area contributed by atoms with Gasteiger partial charge in [-0.05, 0) is 31.4 Å². The van der Waals surface area contributed by atoms with E-state index in [-0.39, 0.29) is 18.9 Å². The molecule has 0 spiro atoms. The number of amides is 1. The molecule has 0 aliphatic carbocycles. The van der Waals surface area contributed by atoms with Crippen LogP contribution in [0.4, 0.5) is 0 Å². The number of fused-ring (bicyclic) bond motifs is 1. The molecule has 2 aromatic rings. The van der Waals surface area contributed by atoms with Gasteiger partial charge in [-0.1, -0.05) is 19.1 Å². The summed E-state index contributed by atoms with van der Waals surface area (Å²) in [7, 11) is 0. The van der Waals surface area contributed by atoms with Crippen molar-refractivity contribution in [1.82, 2.24) is 5.32 Å². The van der Waals surface area contributed by atoms with Crippen molar-refractivity contribution in [2.45, 2.75) is 33.6 Å². The minimum atomic E-state index is -0.437. The number of benzene rings is 1. The smallest absolute Gasteiger partial charge is 0.310 e. The van der Waals surface area contributed by atoms with Gasteiger partial charge in [0, 0.05) is 17.5 Å². The van der Waals surface area contributed by atoms with Crippen molar-refractivity contribution >= 4 is 22.8 Å². The average Bonchev–Trinajstić information content (AvgIpc) is 2.90. The molecule has 0 saturated carbocycles. The summed E-state index contributed by atoms with van der Waals surface area (Å²) in [6.07, 6.45) is 2.52. The van der Waals surface area contributed by atoms with Crippen molar-refractivity contribution in [3.8, 4) is 0 Å². The van der Waals surface area contributed by atoms with Crippen molar-refractivity contribution in [2.75, 3.05) is 13.2 Å². The van der Waals surface area contributed by atoms with Crippen molar-refractivity contribution in [1.29, 1.82) is 0 Å². The molecule has 5 nitrogen and oxygen atoms in total. The minimum absolute atomic E-state index is 0.0938. The molecule has 22 heavy (non-hydrogen) atoms. The highest BCUT2D eigenvalue weighted by molar-refractivity contribution is 5.89. The molecule has 1 aromatic carbocycles. The molecule has 2 rings (SSSR count). The SMILES string of the molecule is CCCNC(=O)COC(=O)Cc1coc2c(C)c(C)ccc12. The molecule has 0 aliphatic heterocycles. The van der Waals surface area contributed by atoms with Gasteiger partial charge in [-0.25, -0.2) is 0 Å². The van der Waals surface area contributed by atoms with Crippen LogP contribution in [0, 0.1) is 13.8 Å². The number of hydrogen-bond donors (Lipinski definition) is 1. The Kier molecular flexibility index (Phi) is 5.20. The third-order valence-electron chi connectivity index (χ3n) is 3.61. The zero-order valence-electron chi connectivity index (χ0n) is 13.2. The fourth-order valence-electron chi connectivity index (χ4n) is 2.19. The number of ether oxygens (including phenoxy) is 1. The Hall–Kier alpha value is -2.30. The number of nitrogens with one attached hydrogen (secondary N) is 1. The van der Waals surface area contributed by atoms with E-state index in [0.29, 0.717) is 6.54 Å². The van der Waals surface area contributed by atoms with Crippen molar-refractivity contribution < 1.29 is 18.7 Å². The van der Waals surface area contributed by atoms with Crippen LogP contribution >= 0.6 is 0 Å². The van der Waals surface area contributed by atoms with Crippen LogP contribution in [-0.2, 0) is 20.7 Å². The van der Waals surface area contributed by atoms with E-state index in [9.17, 15) is 9.59 Å². The molecular weight excluding hydrogens is 282 g/mol. The second-order valence-electron chi connectivity index (χ2n) is 5.33. The highest BCUT2D eigenvalue weighted by atomic mass is 16.5. The molecule has 0 bridgehead atoms. The summed E-state index contributed by atoms with van der Waals surface area (Å²) in [5.74, 6) is -0.716. The molecule has 1 aromatic heterocycles. The Bertz CT molecular complexity index is 687. The second kappa shape index (κ2) is 7.11. The summed E-state index contributed by atoms with van der Waals surface area (Å²) < 4.78 is 10.5. The van der Waals surface area contributed by atoms with E-state index in [1.807, 2.05) is 32.9 Å². The first-order valence-electron chi connectivity index (χ1n) is 7.41. The number of hydrogen-bond acceptors (Lipinski definition) is 4. The third-order valence-corrected chi connectivity index (χ3v) is 3.61. The van der Waals surface area contributed by atoms with Crippen LogP contribution in [0.3, 0.4) is 0 Å². The average molecular weight is 303 g/mol. The van der Waals surface area contributed by atoms with Gasteiger partial charge in [0.1, 0.15) is 5.58 Å². The Labute approximate surface area is 129 Å². The molecule has 118 valence electrons. The highest BCUT2D eigenvalue weighted by Gasteiger charge is 2.14. The zero-order valence-corrected chi connectivity index (χ0v) is 13.2. The summed E-state index contributed by atoms with van der Waals surface area (Å²) in [5.41, 5.74) is 3.78. The molecule has 0 radical (unpaired) electrons. The molecule has 0 fully saturated rings. The summed E-state index contributed by atoms with van der Waals surface area (Å²) in [4.78, 5) is 23.2. The molecule has 5 heteroatoms. The highest BCUT2D eigenvalue weighted by Crippen LogP contribution is 2.26. The van der Waals surface area contributed by atoms with E-state index in [2.05, 4.69) is 5.32 Å². The van der Waals surface area contributed by atoms with Crippen LogP contribution in [0.15, 0.2) is 22.8 Å². The molecule has 0 aliphatic rings. The molecule has 0 saturated heterocycles. The lowest BCUT2D eigenvalue weighted by Crippen LogP contribution is -2.29. The number of furan rings is 1. The Morgan fingerprint density at radius 2 is 2.05 bits per heavy atom. The van der Waals surface area contributed by atoms with Crippen LogP contribution in [0.1, 0.15) is 30.0 Å². The number of esters is 1. The maximum absolute atomic E-state index is 11.8. The number of rotatable bonds is 6. The van der Waals surface area contributed by atoms with E-state index in [0.717, 1.165) is 34.1 Å². The largest absolute Gasteiger partial charge is 0.464 e. The van der Waals surface area contributed by atoms with Gasteiger partial charge in [0.2, 0.25) is 0 Å². The molecule has 1 heterocycles. The number of carbonyl (C=O) groups excluding carboxylic acids is 2. The second-order valence-corrected chi connectivity index (χ2v) is 5.33. The lowest BCUT2D eigenvalue weighted by atomic mass is 10.0. The van der Waals surface area contributed by atoms with Crippen LogP contribution in [0.2, 0.25) is 0 Å². The summed E-state index contributed by atoms with van der Waals surface area (Å²) in [5, 5.41) is 3.57. The monoisotopic (exact) mass is 303 g/mol. The normalized spacial score (nSPS) is 10.7. The van der Waals surface area contributed by atoms with Gasteiger partial charge in [0.05, 0.1) is 12.7 Å². The maximum Gasteiger partial charge on any atom is 0.310 e. The summed E-state index contributed by atoms with van der Waals surface area (Å²) in [6.45, 7) is 6.30. The topological polar surface area (TPSA) is 68.5 Å². The summed E-state index contributed by atoms with van der Waals surface area (Å²) >= 11 is 0. The lowest BCUT2D eigenvalue weighted by molar-refractivity contribution is -0.147. The van der Waals surface area contributed by atoms with Crippen molar-refractivity contribution in [2.24, 2.45) is 0 Å². The van der Waals surface area contributed by atoms with Crippen LogP contribution < -0.4 is 5.32 Å². The van der Waals surface area contributed by atoms with Crippen LogP contribution in [0.25, 0.3) is 11.0 Å². The van der Waals surface area contributed by atoms with Gasteiger partial charge in [0.25, 0.3) is 5.91 Å². The molecule has 1 amide bonds. The predicted octanol–water partition coefficient (Wildman–Crippen LogP) is 2.66. The minimum Gasteiger partial charge on any atom is -0.464 e. The number of carbonyl (C=O) groups is 2. The quantitative estimate of drug-likeness (QED) is 0.833. The van der Waals surface area contributed by atoms with E-state index in [4.69, 9.17) is 9.15 Å². The van der Waals surface area contributed by atoms with Gasteiger partial charge in [0.15, 0.2) is 6.61 Å². The standard InChI is InChI=1S/C17H21NO4/c1-4-7-18-15(19)10-21-16(20)8-13-9-22-17-12(3)11(2)5-6-14(13)17/h5-6,9H,4,7-8,10H2,1-3H3,(H,18,19).